The normalized spacial score (nSPS) is 15.8. The second-order valence-corrected chi connectivity index (χ2v) is 6.02. The highest BCUT2D eigenvalue weighted by molar-refractivity contribution is 5.75. The maximum absolute atomic E-state index is 12.6. The summed E-state index contributed by atoms with van der Waals surface area (Å²) in [6, 6.07) is 14.8. The Morgan fingerprint density at radius 3 is 2.71 bits per heavy atom. The molecule has 0 saturated heterocycles. The Labute approximate surface area is 141 Å². The number of urea groups is 1. The number of phenolic OH excluding ortho intramolecular Hbond substituents is 1. The van der Waals surface area contributed by atoms with Crippen LogP contribution < -0.4 is 5.32 Å². The van der Waals surface area contributed by atoms with E-state index in [-0.39, 0.29) is 25.2 Å². The third-order valence-electron chi connectivity index (χ3n) is 4.42. The molecule has 2 aromatic carbocycles. The van der Waals surface area contributed by atoms with E-state index in [9.17, 15) is 15.0 Å². The van der Waals surface area contributed by atoms with Gasteiger partial charge in [0.1, 0.15) is 5.75 Å². The molecule has 24 heavy (non-hydrogen) atoms. The summed E-state index contributed by atoms with van der Waals surface area (Å²) >= 11 is 0. The predicted molar refractivity (Wildman–Crippen MR) is 91.6 cm³/mol. The third kappa shape index (κ3) is 3.51. The minimum Gasteiger partial charge on any atom is -0.508 e. The van der Waals surface area contributed by atoms with Crippen molar-refractivity contribution in [3.63, 3.8) is 0 Å². The standard InChI is InChI=1S/C19H22N2O3/c22-12-11-21(13-14-5-2-1-3-6-14)19(24)20-17-10-9-16-15(17)7-4-8-18(16)23/h1-8,17,22-23H,9-13H2,(H,20,24). The number of carbonyl (C=O) groups excluding carboxylic acids is 1. The van der Waals surface area contributed by atoms with E-state index in [1.807, 2.05) is 36.4 Å². The van der Waals surface area contributed by atoms with Crippen LogP contribution in [0.3, 0.4) is 0 Å². The molecular weight excluding hydrogens is 304 g/mol. The van der Waals surface area contributed by atoms with Crippen LogP contribution >= 0.6 is 0 Å². The van der Waals surface area contributed by atoms with Crippen molar-refractivity contribution in [1.82, 2.24) is 10.2 Å². The first-order chi connectivity index (χ1) is 11.7. The number of nitrogens with zero attached hydrogens (tertiary/aromatic N) is 1. The van der Waals surface area contributed by atoms with Crippen LogP contribution in [-0.2, 0) is 13.0 Å². The molecule has 1 atom stereocenters. The van der Waals surface area contributed by atoms with Crippen LogP contribution in [0.25, 0.3) is 0 Å². The van der Waals surface area contributed by atoms with Crippen molar-refractivity contribution in [3.8, 4) is 5.75 Å². The van der Waals surface area contributed by atoms with Crippen molar-refractivity contribution in [2.75, 3.05) is 13.2 Å². The Morgan fingerprint density at radius 1 is 1.17 bits per heavy atom. The van der Waals surface area contributed by atoms with Gasteiger partial charge >= 0.3 is 6.03 Å². The number of rotatable bonds is 5. The van der Waals surface area contributed by atoms with Gasteiger partial charge in [0, 0.05) is 13.1 Å². The van der Waals surface area contributed by atoms with Gasteiger partial charge in [0.25, 0.3) is 0 Å². The number of carbonyl (C=O) groups is 1. The monoisotopic (exact) mass is 326 g/mol. The lowest BCUT2D eigenvalue weighted by atomic mass is 10.1. The lowest BCUT2D eigenvalue weighted by Crippen LogP contribution is -2.42. The zero-order chi connectivity index (χ0) is 16.9. The molecule has 0 bridgehead atoms. The van der Waals surface area contributed by atoms with Crippen LogP contribution in [0.15, 0.2) is 48.5 Å². The first kappa shape index (κ1) is 16.3. The SMILES string of the molecule is O=C(NC1CCc2c(O)cccc21)N(CCO)Cc1ccccc1. The van der Waals surface area contributed by atoms with Crippen molar-refractivity contribution >= 4 is 6.03 Å². The van der Waals surface area contributed by atoms with Crippen LogP contribution in [0.5, 0.6) is 5.75 Å². The fourth-order valence-corrected chi connectivity index (χ4v) is 3.20. The number of aromatic hydroxyl groups is 1. The topological polar surface area (TPSA) is 72.8 Å². The minimum absolute atomic E-state index is 0.0811. The number of fused-ring (bicyclic) bond motifs is 1. The quantitative estimate of drug-likeness (QED) is 0.791. The molecule has 126 valence electrons. The number of benzene rings is 2. The van der Waals surface area contributed by atoms with Crippen molar-refractivity contribution < 1.29 is 15.0 Å². The van der Waals surface area contributed by atoms with Gasteiger partial charge in [-0.3, -0.25) is 0 Å². The molecule has 5 heteroatoms. The predicted octanol–water partition coefficient (Wildman–Crippen LogP) is 2.58. The smallest absolute Gasteiger partial charge is 0.318 e. The minimum atomic E-state index is -0.200. The van der Waals surface area contributed by atoms with Crippen LogP contribution in [0.2, 0.25) is 0 Å². The van der Waals surface area contributed by atoms with Gasteiger partial charge in [-0.2, -0.15) is 0 Å². The van der Waals surface area contributed by atoms with Gasteiger partial charge in [-0.25, -0.2) is 4.79 Å². The summed E-state index contributed by atoms with van der Waals surface area (Å²) in [6.45, 7) is 0.648. The van der Waals surface area contributed by atoms with E-state index < -0.39 is 0 Å². The van der Waals surface area contributed by atoms with Gasteiger partial charge in [-0.1, -0.05) is 42.5 Å². The first-order valence-corrected chi connectivity index (χ1v) is 8.20. The highest BCUT2D eigenvalue weighted by Gasteiger charge is 2.27. The summed E-state index contributed by atoms with van der Waals surface area (Å²) in [5.41, 5.74) is 2.91. The highest BCUT2D eigenvalue weighted by Crippen LogP contribution is 2.36. The second kappa shape index (κ2) is 7.36. The average molecular weight is 326 g/mol. The molecule has 2 amide bonds. The number of nitrogens with one attached hydrogen (secondary N) is 1. The summed E-state index contributed by atoms with van der Waals surface area (Å²) in [5.74, 6) is 0.292. The molecule has 5 nitrogen and oxygen atoms in total. The Kier molecular flexibility index (Phi) is 5.01. The Morgan fingerprint density at radius 2 is 1.96 bits per heavy atom. The Bertz CT molecular complexity index is 703. The molecule has 0 saturated carbocycles. The van der Waals surface area contributed by atoms with Crippen LogP contribution in [0.4, 0.5) is 4.79 Å². The average Bonchev–Trinajstić information content (AvgIpc) is 3.00. The van der Waals surface area contributed by atoms with Crippen LogP contribution in [0.1, 0.15) is 29.2 Å². The number of amides is 2. The van der Waals surface area contributed by atoms with Crippen molar-refractivity contribution in [3.05, 3.63) is 65.2 Å². The molecule has 0 heterocycles. The van der Waals surface area contributed by atoms with Gasteiger partial charge in [-0.15, -0.1) is 0 Å². The van der Waals surface area contributed by atoms with E-state index in [1.54, 1.807) is 17.0 Å². The van der Waals surface area contributed by atoms with Crippen molar-refractivity contribution in [2.24, 2.45) is 0 Å². The number of hydrogen-bond acceptors (Lipinski definition) is 3. The van der Waals surface area contributed by atoms with E-state index in [1.165, 1.54) is 0 Å². The maximum Gasteiger partial charge on any atom is 0.318 e. The largest absolute Gasteiger partial charge is 0.508 e. The molecule has 0 aliphatic heterocycles. The summed E-state index contributed by atoms with van der Waals surface area (Å²) in [4.78, 5) is 14.2. The number of aliphatic hydroxyl groups excluding tert-OH is 1. The number of hydrogen-bond donors (Lipinski definition) is 3. The van der Waals surface area contributed by atoms with Gasteiger partial charge in [0.15, 0.2) is 0 Å². The fourth-order valence-electron chi connectivity index (χ4n) is 3.20. The summed E-state index contributed by atoms with van der Waals surface area (Å²) < 4.78 is 0. The number of phenols is 1. The molecule has 3 rings (SSSR count). The van der Waals surface area contributed by atoms with E-state index in [4.69, 9.17) is 0 Å². The molecule has 0 fully saturated rings. The molecule has 3 N–H and O–H groups in total. The van der Waals surface area contributed by atoms with Crippen LogP contribution in [-0.4, -0.2) is 34.3 Å². The lowest BCUT2D eigenvalue weighted by molar-refractivity contribution is 0.171. The van der Waals surface area contributed by atoms with E-state index in [0.29, 0.717) is 12.3 Å². The molecule has 2 aromatic rings. The zero-order valence-corrected chi connectivity index (χ0v) is 13.5. The fraction of sp³-hybridized carbons (Fsp3) is 0.316. The van der Waals surface area contributed by atoms with Gasteiger partial charge in [-0.05, 0) is 35.6 Å². The zero-order valence-electron chi connectivity index (χ0n) is 13.5. The summed E-state index contributed by atoms with van der Waals surface area (Å²) in [6.07, 6.45) is 1.53. The summed E-state index contributed by atoms with van der Waals surface area (Å²) in [7, 11) is 0. The lowest BCUT2D eigenvalue weighted by Gasteiger charge is -2.25. The van der Waals surface area contributed by atoms with Gasteiger partial charge in [0.2, 0.25) is 0 Å². The Hall–Kier alpha value is -2.53. The van der Waals surface area contributed by atoms with E-state index in [2.05, 4.69) is 5.32 Å². The highest BCUT2D eigenvalue weighted by atomic mass is 16.3. The molecular formula is C19H22N2O3. The Balaban J connectivity index is 1.70. The van der Waals surface area contributed by atoms with Gasteiger partial charge < -0.3 is 20.4 Å². The molecule has 1 aliphatic carbocycles. The van der Waals surface area contributed by atoms with Gasteiger partial charge in [0.05, 0.1) is 12.6 Å². The van der Waals surface area contributed by atoms with Crippen molar-refractivity contribution in [1.29, 1.82) is 0 Å². The van der Waals surface area contributed by atoms with E-state index >= 15 is 0 Å². The molecule has 0 aromatic heterocycles. The van der Waals surface area contributed by atoms with Crippen molar-refractivity contribution in [2.45, 2.75) is 25.4 Å². The number of aliphatic hydroxyl groups is 1. The first-order valence-electron chi connectivity index (χ1n) is 8.20. The maximum atomic E-state index is 12.6. The molecule has 1 aliphatic rings. The molecule has 1 unspecified atom stereocenters. The third-order valence-corrected chi connectivity index (χ3v) is 4.42. The summed E-state index contributed by atoms with van der Waals surface area (Å²) in [5, 5.41) is 22.2. The van der Waals surface area contributed by atoms with E-state index in [0.717, 1.165) is 29.5 Å². The molecule has 0 radical (unpaired) electrons. The van der Waals surface area contributed by atoms with Crippen LogP contribution in [0, 0.1) is 0 Å². The second-order valence-electron chi connectivity index (χ2n) is 6.02. The molecule has 0 spiro atoms.